The zero-order chi connectivity index (χ0) is 27.9. The Morgan fingerprint density at radius 3 is 2.10 bits per heavy atom. The molecule has 194 valence electrons. The fourth-order valence-electron chi connectivity index (χ4n) is 6.02. The molecule has 3 nitrogen and oxygen atoms in total. The van der Waals surface area contributed by atoms with E-state index in [2.05, 4.69) is 120 Å². The highest BCUT2D eigenvalue weighted by atomic mass is 15.0. The summed E-state index contributed by atoms with van der Waals surface area (Å²) >= 11 is 0. The van der Waals surface area contributed by atoms with E-state index in [1.54, 1.807) is 12.4 Å². The van der Waals surface area contributed by atoms with Crippen LogP contribution in [0.3, 0.4) is 0 Å². The number of pyridine rings is 1. The van der Waals surface area contributed by atoms with Gasteiger partial charge in [-0.15, -0.1) is 0 Å². The highest BCUT2D eigenvalue weighted by Gasteiger charge is 2.19. The zero-order valence-electron chi connectivity index (χ0n) is 23.0. The molecule has 2 heterocycles. The smallest absolute Gasteiger partial charge is 0.0998 e. The number of nitrogens with zero attached hydrogens (tertiary/aromatic N) is 3. The molecule has 0 fully saturated rings. The normalized spacial score (nSPS) is 11.1. The third-order valence-electron chi connectivity index (χ3n) is 7.94. The maximum atomic E-state index is 10.3. The number of nitriles is 1. The van der Waals surface area contributed by atoms with Crippen molar-refractivity contribution in [3.8, 4) is 45.1 Å². The minimum absolute atomic E-state index is 0.628. The summed E-state index contributed by atoms with van der Waals surface area (Å²) in [6.45, 7) is 4.31. The molecule has 0 aliphatic rings. The second-order valence-corrected chi connectivity index (χ2v) is 10.5. The first-order chi connectivity index (χ1) is 20.1. The van der Waals surface area contributed by atoms with Crippen molar-refractivity contribution in [1.29, 1.82) is 5.26 Å². The van der Waals surface area contributed by atoms with Crippen LogP contribution in [0.4, 0.5) is 0 Å². The molecule has 0 aliphatic carbocycles. The Balaban J connectivity index is 1.55. The molecular formula is C38H27N3. The maximum absolute atomic E-state index is 10.3. The summed E-state index contributed by atoms with van der Waals surface area (Å²) in [7, 11) is 0. The van der Waals surface area contributed by atoms with Gasteiger partial charge in [-0.1, -0.05) is 78.4 Å². The van der Waals surface area contributed by atoms with Gasteiger partial charge in [-0.05, 0) is 84.1 Å². The van der Waals surface area contributed by atoms with Crippen molar-refractivity contribution in [2.24, 2.45) is 0 Å². The lowest BCUT2D eigenvalue weighted by atomic mass is 9.93. The van der Waals surface area contributed by atoms with Crippen molar-refractivity contribution < 1.29 is 0 Å². The summed E-state index contributed by atoms with van der Waals surface area (Å²) in [5, 5.41) is 12.7. The van der Waals surface area contributed by atoms with E-state index in [-0.39, 0.29) is 0 Å². The van der Waals surface area contributed by atoms with Gasteiger partial charge in [0.1, 0.15) is 0 Å². The van der Waals surface area contributed by atoms with Crippen LogP contribution in [-0.4, -0.2) is 9.55 Å². The van der Waals surface area contributed by atoms with Crippen LogP contribution >= 0.6 is 0 Å². The summed E-state index contributed by atoms with van der Waals surface area (Å²) < 4.78 is 2.32. The standard InChI is InChI=1S/C38H27N3/c1-25-12-14-31(26(2)20-25)29-13-15-37-35(21-29)32-10-6-7-11-36(32)41(37)38-22-30(24-39)33(28-16-18-40-19-17-28)23-34(38)27-8-4-3-5-9-27/h3-23H,1-2H3. The highest BCUT2D eigenvalue weighted by molar-refractivity contribution is 6.11. The van der Waals surface area contributed by atoms with Crippen LogP contribution in [0.2, 0.25) is 0 Å². The first-order valence-corrected chi connectivity index (χ1v) is 13.8. The number of aromatic nitrogens is 2. The quantitative estimate of drug-likeness (QED) is 0.229. The van der Waals surface area contributed by atoms with Gasteiger partial charge in [-0.25, -0.2) is 0 Å². The SMILES string of the molecule is Cc1ccc(-c2ccc3c(c2)c2ccccc2n3-c2cc(C#N)c(-c3ccncc3)cc2-c2ccccc2)c(C)c1. The fourth-order valence-corrected chi connectivity index (χ4v) is 6.02. The molecule has 0 amide bonds. The molecular weight excluding hydrogens is 498 g/mol. The Hall–Kier alpha value is -5.46. The molecule has 0 unspecified atom stereocenters. The number of benzene rings is 5. The molecule has 0 atom stereocenters. The monoisotopic (exact) mass is 525 g/mol. The predicted octanol–water partition coefficient (Wildman–Crippen LogP) is 9.67. The number of fused-ring (bicyclic) bond motifs is 3. The molecule has 41 heavy (non-hydrogen) atoms. The maximum Gasteiger partial charge on any atom is 0.0998 e. The van der Waals surface area contributed by atoms with Gasteiger partial charge in [0, 0.05) is 34.3 Å². The predicted molar refractivity (Wildman–Crippen MR) is 169 cm³/mol. The van der Waals surface area contributed by atoms with E-state index in [9.17, 15) is 5.26 Å². The Kier molecular flexibility index (Phi) is 5.95. The molecule has 0 radical (unpaired) electrons. The third-order valence-corrected chi connectivity index (χ3v) is 7.94. The van der Waals surface area contributed by atoms with Crippen LogP contribution in [0.15, 0.2) is 128 Å². The zero-order valence-corrected chi connectivity index (χ0v) is 23.0. The van der Waals surface area contributed by atoms with Crippen LogP contribution in [0.5, 0.6) is 0 Å². The minimum atomic E-state index is 0.628. The van der Waals surface area contributed by atoms with E-state index in [0.717, 1.165) is 39.0 Å². The van der Waals surface area contributed by atoms with Gasteiger partial charge in [-0.2, -0.15) is 5.26 Å². The Bertz CT molecular complexity index is 2110. The van der Waals surface area contributed by atoms with E-state index >= 15 is 0 Å². The number of para-hydroxylation sites is 1. The number of rotatable bonds is 4. The minimum Gasteiger partial charge on any atom is -0.309 e. The van der Waals surface area contributed by atoms with Crippen molar-refractivity contribution in [2.45, 2.75) is 13.8 Å². The lowest BCUT2D eigenvalue weighted by Crippen LogP contribution is -2.00. The molecule has 7 aromatic rings. The van der Waals surface area contributed by atoms with Crippen molar-refractivity contribution in [3.63, 3.8) is 0 Å². The topological polar surface area (TPSA) is 41.6 Å². The van der Waals surface area contributed by atoms with Crippen molar-refractivity contribution >= 4 is 21.8 Å². The van der Waals surface area contributed by atoms with Crippen LogP contribution in [0, 0.1) is 25.2 Å². The third kappa shape index (κ3) is 4.18. The molecule has 0 aliphatic heterocycles. The molecule has 0 spiro atoms. The summed E-state index contributed by atoms with van der Waals surface area (Å²) in [6, 6.07) is 42.9. The lowest BCUT2D eigenvalue weighted by Gasteiger charge is -2.17. The van der Waals surface area contributed by atoms with E-state index in [4.69, 9.17) is 0 Å². The number of aryl methyl sites for hydroxylation is 2. The second-order valence-electron chi connectivity index (χ2n) is 10.5. The summed E-state index contributed by atoms with van der Waals surface area (Å²) in [5.41, 5.74) is 12.8. The molecule has 0 saturated carbocycles. The molecule has 5 aromatic carbocycles. The summed E-state index contributed by atoms with van der Waals surface area (Å²) in [6.07, 6.45) is 3.54. The van der Waals surface area contributed by atoms with E-state index in [1.165, 1.54) is 33.0 Å². The van der Waals surface area contributed by atoms with Crippen LogP contribution in [0.1, 0.15) is 16.7 Å². The van der Waals surface area contributed by atoms with Crippen LogP contribution in [0.25, 0.3) is 60.9 Å². The van der Waals surface area contributed by atoms with Crippen molar-refractivity contribution in [3.05, 3.63) is 144 Å². The van der Waals surface area contributed by atoms with Crippen LogP contribution in [-0.2, 0) is 0 Å². The second kappa shape index (κ2) is 9.93. The number of hydrogen-bond donors (Lipinski definition) is 0. The Morgan fingerprint density at radius 2 is 1.32 bits per heavy atom. The largest absolute Gasteiger partial charge is 0.309 e. The van der Waals surface area contributed by atoms with E-state index < -0.39 is 0 Å². The molecule has 3 heteroatoms. The van der Waals surface area contributed by atoms with Gasteiger partial charge in [0.15, 0.2) is 0 Å². The molecule has 0 saturated heterocycles. The van der Waals surface area contributed by atoms with Gasteiger partial charge >= 0.3 is 0 Å². The van der Waals surface area contributed by atoms with Gasteiger partial charge in [0.2, 0.25) is 0 Å². The van der Waals surface area contributed by atoms with Gasteiger partial charge in [-0.3, -0.25) is 4.98 Å². The fraction of sp³-hybridized carbons (Fsp3) is 0.0526. The summed E-state index contributed by atoms with van der Waals surface area (Å²) in [5.74, 6) is 0. The first-order valence-electron chi connectivity index (χ1n) is 13.8. The Morgan fingerprint density at radius 1 is 0.585 bits per heavy atom. The van der Waals surface area contributed by atoms with Gasteiger partial charge in [0.05, 0.1) is 28.4 Å². The lowest BCUT2D eigenvalue weighted by molar-refractivity contribution is 1.18. The first kappa shape index (κ1) is 24.6. The average molecular weight is 526 g/mol. The highest BCUT2D eigenvalue weighted by Crippen LogP contribution is 2.40. The Labute approximate surface area is 239 Å². The summed E-state index contributed by atoms with van der Waals surface area (Å²) in [4.78, 5) is 4.19. The van der Waals surface area contributed by atoms with Gasteiger partial charge < -0.3 is 4.57 Å². The van der Waals surface area contributed by atoms with Crippen molar-refractivity contribution in [2.75, 3.05) is 0 Å². The van der Waals surface area contributed by atoms with E-state index in [1.807, 2.05) is 24.3 Å². The molecule has 0 bridgehead atoms. The van der Waals surface area contributed by atoms with Crippen molar-refractivity contribution in [1.82, 2.24) is 9.55 Å². The average Bonchev–Trinajstić information content (AvgIpc) is 3.35. The van der Waals surface area contributed by atoms with Gasteiger partial charge in [0.25, 0.3) is 0 Å². The molecule has 0 N–H and O–H groups in total. The molecule has 7 rings (SSSR count). The van der Waals surface area contributed by atoms with E-state index in [0.29, 0.717) is 5.56 Å². The molecule has 2 aromatic heterocycles. The van der Waals surface area contributed by atoms with Crippen LogP contribution < -0.4 is 0 Å². The number of hydrogen-bond acceptors (Lipinski definition) is 2.